The van der Waals surface area contributed by atoms with Crippen molar-refractivity contribution in [1.82, 2.24) is 10.2 Å². The van der Waals surface area contributed by atoms with E-state index in [1.54, 1.807) is 24.3 Å². The summed E-state index contributed by atoms with van der Waals surface area (Å²) in [5, 5.41) is 12.2. The van der Waals surface area contributed by atoms with Crippen LogP contribution in [0.2, 0.25) is 0 Å². The molecular weight excluding hydrogens is 262 g/mol. The summed E-state index contributed by atoms with van der Waals surface area (Å²) in [6, 6.07) is 9.00. The summed E-state index contributed by atoms with van der Waals surface area (Å²) in [5.74, 6) is 0.625. The van der Waals surface area contributed by atoms with Gasteiger partial charge in [0.25, 0.3) is 5.91 Å². The van der Waals surface area contributed by atoms with Crippen LogP contribution in [0.1, 0.15) is 42.1 Å². The zero-order chi connectivity index (χ0) is 15.1. The third kappa shape index (κ3) is 4.30. The van der Waals surface area contributed by atoms with E-state index in [0.717, 1.165) is 32.6 Å². The number of nitrogens with zero attached hydrogens (tertiary/aromatic N) is 2. The number of rotatable bonds is 5. The fraction of sp³-hybridized carbons (Fsp3) is 0.529. The lowest BCUT2D eigenvalue weighted by molar-refractivity contribution is 0.0719. The van der Waals surface area contributed by atoms with Crippen LogP contribution in [0.3, 0.4) is 0 Å². The molecule has 0 aliphatic carbocycles. The van der Waals surface area contributed by atoms with Crippen LogP contribution in [0.25, 0.3) is 0 Å². The van der Waals surface area contributed by atoms with Crippen LogP contribution in [0.5, 0.6) is 0 Å². The Morgan fingerprint density at radius 1 is 1.43 bits per heavy atom. The average Bonchev–Trinajstić information content (AvgIpc) is 2.55. The zero-order valence-corrected chi connectivity index (χ0v) is 12.6. The summed E-state index contributed by atoms with van der Waals surface area (Å²) in [6.45, 7) is 5.79. The predicted octanol–water partition coefficient (Wildman–Crippen LogP) is 2.41. The molecule has 2 rings (SSSR count). The number of hydrogen-bond donors (Lipinski definition) is 1. The minimum absolute atomic E-state index is 0.0758. The van der Waals surface area contributed by atoms with E-state index in [-0.39, 0.29) is 5.91 Å². The van der Waals surface area contributed by atoms with E-state index in [9.17, 15) is 4.79 Å². The normalized spacial score (nSPS) is 18.0. The van der Waals surface area contributed by atoms with Crippen LogP contribution >= 0.6 is 0 Å². The quantitative estimate of drug-likeness (QED) is 0.904. The van der Waals surface area contributed by atoms with Gasteiger partial charge >= 0.3 is 0 Å². The molecule has 112 valence electrons. The topological polar surface area (TPSA) is 56.1 Å². The molecule has 1 N–H and O–H groups in total. The predicted molar refractivity (Wildman–Crippen MR) is 82.9 cm³/mol. The Bertz CT molecular complexity index is 498. The van der Waals surface area contributed by atoms with Crippen molar-refractivity contribution in [2.75, 3.05) is 26.2 Å². The second-order valence-corrected chi connectivity index (χ2v) is 5.65. The van der Waals surface area contributed by atoms with Gasteiger partial charge in [-0.3, -0.25) is 4.79 Å². The van der Waals surface area contributed by atoms with Crippen LogP contribution in [-0.4, -0.2) is 37.0 Å². The number of nitrogens with one attached hydrogen (secondary N) is 1. The molecule has 1 aliphatic rings. The molecule has 0 radical (unpaired) electrons. The largest absolute Gasteiger partial charge is 0.338 e. The second-order valence-electron chi connectivity index (χ2n) is 5.65. The highest BCUT2D eigenvalue weighted by Crippen LogP contribution is 2.15. The van der Waals surface area contributed by atoms with Crippen LogP contribution in [0.4, 0.5) is 0 Å². The molecule has 0 bridgehead atoms. The molecule has 1 aromatic carbocycles. The summed E-state index contributed by atoms with van der Waals surface area (Å²) in [5.41, 5.74) is 1.26. The third-order valence-corrected chi connectivity index (χ3v) is 3.92. The molecule has 1 amide bonds. The summed E-state index contributed by atoms with van der Waals surface area (Å²) >= 11 is 0. The lowest BCUT2D eigenvalue weighted by Gasteiger charge is -2.30. The molecule has 0 aromatic heterocycles. The molecule has 1 saturated heterocycles. The fourth-order valence-electron chi connectivity index (χ4n) is 2.81. The first-order chi connectivity index (χ1) is 10.2. The van der Waals surface area contributed by atoms with E-state index in [1.807, 2.05) is 4.90 Å². The van der Waals surface area contributed by atoms with E-state index in [4.69, 9.17) is 5.26 Å². The maximum Gasteiger partial charge on any atom is 0.253 e. The maximum atomic E-state index is 12.6. The number of piperidine rings is 1. The van der Waals surface area contributed by atoms with Gasteiger partial charge in [-0.1, -0.05) is 6.92 Å². The van der Waals surface area contributed by atoms with Crippen LogP contribution in [0.15, 0.2) is 24.3 Å². The molecule has 1 atom stereocenters. The Morgan fingerprint density at radius 3 is 2.76 bits per heavy atom. The van der Waals surface area contributed by atoms with Crippen molar-refractivity contribution in [1.29, 1.82) is 5.26 Å². The minimum atomic E-state index is 0.0758. The van der Waals surface area contributed by atoms with E-state index in [1.165, 1.54) is 12.8 Å². The summed E-state index contributed by atoms with van der Waals surface area (Å²) in [4.78, 5) is 14.6. The third-order valence-electron chi connectivity index (χ3n) is 3.92. The molecule has 4 nitrogen and oxygen atoms in total. The van der Waals surface area contributed by atoms with Crippen molar-refractivity contribution in [3.05, 3.63) is 35.4 Å². The number of benzene rings is 1. The highest BCUT2D eigenvalue weighted by molar-refractivity contribution is 5.94. The van der Waals surface area contributed by atoms with Gasteiger partial charge in [0.05, 0.1) is 11.6 Å². The standard InChI is InChI=1S/C17H23N3O/c1-2-10-20(13-15-4-3-9-19-12-15)17(21)16-7-5-14(11-18)6-8-16/h5-8,15,19H,2-4,9-10,12-13H2,1H3. The smallest absolute Gasteiger partial charge is 0.253 e. The molecule has 1 aromatic rings. The first-order valence-electron chi connectivity index (χ1n) is 7.74. The van der Waals surface area contributed by atoms with E-state index in [0.29, 0.717) is 17.0 Å². The van der Waals surface area contributed by atoms with Crippen molar-refractivity contribution in [2.24, 2.45) is 5.92 Å². The van der Waals surface area contributed by atoms with E-state index in [2.05, 4.69) is 18.3 Å². The van der Waals surface area contributed by atoms with Crippen LogP contribution < -0.4 is 5.32 Å². The highest BCUT2D eigenvalue weighted by Gasteiger charge is 2.21. The van der Waals surface area contributed by atoms with Crippen molar-refractivity contribution in [3.8, 4) is 6.07 Å². The van der Waals surface area contributed by atoms with Gasteiger partial charge in [0, 0.05) is 18.7 Å². The fourth-order valence-corrected chi connectivity index (χ4v) is 2.81. The van der Waals surface area contributed by atoms with Crippen molar-refractivity contribution in [3.63, 3.8) is 0 Å². The van der Waals surface area contributed by atoms with Gasteiger partial charge in [-0.25, -0.2) is 0 Å². The van der Waals surface area contributed by atoms with Gasteiger partial charge in [0.1, 0.15) is 0 Å². The van der Waals surface area contributed by atoms with Gasteiger partial charge in [-0.2, -0.15) is 5.26 Å². The molecule has 0 spiro atoms. The van der Waals surface area contributed by atoms with Gasteiger partial charge in [0.15, 0.2) is 0 Å². The Balaban J connectivity index is 2.04. The molecule has 1 unspecified atom stereocenters. The van der Waals surface area contributed by atoms with Gasteiger partial charge < -0.3 is 10.2 Å². The first-order valence-corrected chi connectivity index (χ1v) is 7.74. The first kappa shape index (κ1) is 15.5. The number of carbonyl (C=O) groups is 1. The molecule has 1 fully saturated rings. The Labute approximate surface area is 126 Å². The van der Waals surface area contributed by atoms with E-state index < -0.39 is 0 Å². The molecule has 0 saturated carbocycles. The number of nitriles is 1. The van der Waals surface area contributed by atoms with E-state index >= 15 is 0 Å². The van der Waals surface area contributed by atoms with Gasteiger partial charge in [-0.15, -0.1) is 0 Å². The Hall–Kier alpha value is -1.86. The SMILES string of the molecule is CCCN(CC1CCCNC1)C(=O)c1ccc(C#N)cc1. The highest BCUT2D eigenvalue weighted by atomic mass is 16.2. The van der Waals surface area contributed by atoms with Crippen molar-refractivity contribution in [2.45, 2.75) is 26.2 Å². The van der Waals surface area contributed by atoms with Crippen LogP contribution in [0, 0.1) is 17.2 Å². The lowest BCUT2D eigenvalue weighted by atomic mass is 9.98. The maximum absolute atomic E-state index is 12.6. The second kappa shape index (κ2) is 7.80. The number of carbonyl (C=O) groups excluding carboxylic acids is 1. The number of amides is 1. The van der Waals surface area contributed by atoms with Crippen LogP contribution in [-0.2, 0) is 0 Å². The lowest BCUT2D eigenvalue weighted by Crippen LogP contribution is -2.41. The molecule has 21 heavy (non-hydrogen) atoms. The summed E-state index contributed by atoms with van der Waals surface area (Å²) < 4.78 is 0. The van der Waals surface area contributed by atoms with Crippen molar-refractivity contribution >= 4 is 5.91 Å². The molecule has 4 heteroatoms. The summed E-state index contributed by atoms with van der Waals surface area (Å²) in [6.07, 6.45) is 3.34. The van der Waals surface area contributed by atoms with Gasteiger partial charge in [-0.05, 0) is 62.5 Å². The zero-order valence-electron chi connectivity index (χ0n) is 12.6. The average molecular weight is 285 g/mol. The minimum Gasteiger partial charge on any atom is -0.338 e. The van der Waals surface area contributed by atoms with Crippen molar-refractivity contribution < 1.29 is 4.79 Å². The molecular formula is C17H23N3O. The van der Waals surface area contributed by atoms with Gasteiger partial charge in [0.2, 0.25) is 0 Å². The number of hydrogen-bond acceptors (Lipinski definition) is 3. The Morgan fingerprint density at radius 2 is 2.19 bits per heavy atom. The summed E-state index contributed by atoms with van der Waals surface area (Å²) in [7, 11) is 0. The monoisotopic (exact) mass is 285 g/mol. The molecule has 1 heterocycles. The Kier molecular flexibility index (Phi) is 5.77. The molecule has 1 aliphatic heterocycles.